The monoisotopic (exact) mass is 263 g/mol. The fourth-order valence-electron chi connectivity index (χ4n) is 0.862. The number of carboxylic acid groups (broad SMARTS) is 1. The van der Waals surface area contributed by atoms with Gasteiger partial charge in [0.05, 0.1) is 0 Å². The van der Waals surface area contributed by atoms with Crippen LogP contribution in [-0.2, 0) is 9.59 Å². The molecule has 96 valence electrons. The largest absolute Gasteiger partial charge is 0.480 e. The molecule has 1 atom stereocenters. The number of aliphatic carboxylic acids is 1. The second-order valence-corrected chi connectivity index (χ2v) is 4.11. The third-order valence-electron chi connectivity index (χ3n) is 1.65. The van der Waals surface area contributed by atoms with Crippen molar-refractivity contribution in [1.82, 2.24) is 5.32 Å². The molecule has 0 spiro atoms. The molecule has 0 heterocycles. The summed E-state index contributed by atoms with van der Waals surface area (Å²) in [6.45, 7) is 4.26. The zero-order valence-corrected chi connectivity index (χ0v) is 9.70. The van der Waals surface area contributed by atoms with E-state index < -0.39 is 29.5 Å². The van der Waals surface area contributed by atoms with Crippen LogP contribution in [-0.4, -0.2) is 29.2 Å². The molecule has 0 bridgehead atoms. The number of carboxylic acids is 1. The molecule has 0 aliphatic heterocycles. The Morgan fingerprint density at radius 3 is 1.75 bits per heavy atom. The van der Waals surface area contributed by atoms with Gasteiger partial charge in [0.25, 0.3) is 0 Å². The lowest BCUT2D eigenvalue weighted by Crippen LogP contribution is -2.52. The van der Waals surface area contributed by atoms with Crippen molar-refractivity contribution in [2.45, 2.75) is 33.0 Å². The highest BCUT2D eigenvalue weighted by atomic mass is 35.5. The number of hydrogen-bond donors (Lipinski definition) is 2. The number of rotatable bonds is 2. The van der Waals surface area contributed by atoms with E-state index in [2.05, 4.69) is 0 Å². The second kappa shape index (κ2) is 5.38. The maximum atomic E-state index is 11.9. The zero-order chi connectivity index (χ0) is 12.4. The van der Waals surface area contributed by atoms with Crippen LogP contribution >= 0.6 is 12.4 Å². The van der Waals surface area contributed by atoms with E-state index in [1.807, 2.05) is 0 Å². The Bertz CT molecular complexity index is 273. The van der Waals surface area contributed by atoms with E-state index in [1.165, 1.54) is 26.1 Å². The topological polar surface area (TPSA) is 66.4 Å². The number of amides is 1. The first-order chi connectivity index (χ1) is 6.46. The van der Waals surface area contributed by atoms with E-state index in [0.29, 0.717) is 0 Å². The minimum absolute atomic E-state index is 0. The lowest BCUT2D eigenvalue weighted by atomic mass is 9.87. The Morgan fingerprint density at radius 2 is 1.56 bits per heavy atom. The quantitative estimate of drug-likeness (QED) is 0.795. The number of nitrogens with one attached hydrogen (secondary N) is 1. The minimum Gasteiger partial charge on any atom is -0.480 e. The van der Waals surface area contributed by atoms with Crippen LogP contribution in [0.25, 0.3) is 0 Å². The van der Waals surface area contributed by atoms with Crippen molar-refractivity contribution in [3.05, 3.63) is 0 Å². The Kier molecular flexibility index (Phi) is 5.86. The standard InChI is InChI=1S/C8H12F3NO3.ClH/c1-7(2,3)4(5(13)14)12-6(15)8(9,10)11;/h4H,1-3H3,(H,12,15)(H,13,14);1H. The van der Waals surface area contributed by atoms with Gasteiger partial charge in [-0.05, 0) is 5.41 Å². The first kappa shape index (κ1) is 17.4. The average molecular weight is 264 g/mol. The fourth-order valence-corrected chi connectivity index (χ4v) is 0.862. The molecule has 0 rings (SSSR count). The van der Waals surface area contributed by atoms with Crippen LogP contribution in [0.3, 0.4) is 0 Å². The van der Waals surface area contributed by atoms with E-state index >= 15 is 0 Å². The average Bonchev–Trinajstić information content (AvgIpc) is 1.94. The summed E-state index contributed by atoms with van der Waals surface area (Å²) in [6, 6.07) is -1.58. The van der Waals surface area contributed by atoms with Crippen molar-refractivity contribution in [3.63, 3.8) is 0 Å². The van der Waals surface area contributed by atoms with Crippen LogP contribution in [0.15, 0.2) is 0 Å². The van der Waals surface area contributed by atoms with Crippen molar-refractivity contribution in [1.29, 1.82) is 0 Å². The second-order valence-electron chi connectivity index (χ2n) is 4.11. The van der Waals surface area contributed by atoms with Crippen molar-refractivity contribution in [3.8, 4) is 0 Å². The highest BCUT2D eigenvalue weighted by Crippen LogP contribution is 2.22. The van der Waals surface area contributed by atoms with Crippen molar-refractivity contribution in [2.75, 3.05) is 0 Å². The predicted octanol–water partition coefficient (Wildman–Crippen LogP) is 1.59. The van der Waals surface area contributed by atoms with Crippen molar-refractivity contribution in [2.24, 2.45) is 5.41 Å². The maximum absolute atomic E-state index is 11.9. The van der Waals surface area contributed by atoms with Crippen molar-refractivity contribution >= 4 is 24.3 Å². The van der Waals surface area contributed by atoms with Gasteiger partial charge in [-0.3, -0.25) is 4.79 Å². The molecule has 0 fully saturated rings. The Hall–Kier alpha value is -0.980. The summed E-state index contributed by atoms with van der Waals surface area (Å²) in [6.07, 6.45) is -5.07. The van der Waals surface area contributed by atoms with Gasteiger partial charge >= 0.3 is 18.1 Å². The summed E-state index contributed by atoms with van der Waals surface area (Å²) in [7, 11) is 0. The molecule has 0 aliphatic carbocycles. The SMILES string of the molecule is CC(C)(C)C(NC(=O)C(F)(F)F)C(=O)O.Cl. The van der Waals surface area contributed by atoms with Gasteiger partial charge in [-0.15, -0.1) is 12.4 Å². The molecule has 4 nitrogen and oxygen atoms in total. The number of alkyl halides is 3. The maximum Gasteiger partial charge on any atom is 0.471 e. The molecular formula is C8H13ClF3NO3. The molecular weight excluding hydrogens is 251 g/mol. The Balaban J connectivity index is 0. The van der Waals surface area contributed by atoms with E-state index in [1.54, 1.807) is 0 Å². The summed E-state index contributed by atoms with van der Waals surface area (Å²) in [5.41, 5.74) is -0.993. The lowest BCUT2D eigenvalue weighted by Gasteiger charge is -2.27. The first-order valence-electron chi connectivity index (χ1n) is 4.06. The Labute approximate surface area is 96.6 Å². The molecule has 1 amide bonds. The molecule has 16 heavy (non-hydrogen) atoms. The molecule has 0 aliphatic rings. The molecule has 2 N–H and O–H groups in total. The highest BCUT2D eigenvalue weighted by Gasteiger charge is 2.43. The van der Waals surface area contributed by atoms with E-state index in [9.17, 15) is 22.8 Å². The van der Waals surface area contributed by atoms with Gasteiger partial charge in [0, 0.05) is 0 Å². The smallest absolute Gasteiger partial charge is 0.471 e. The van der Waals surface area contributed by atoms with Gasteiger partial charge < -0.3 is 10.4 Å². The first-order valence-corrected chi connectivity index (χ1v) is 4.06. The number of carbonyl (C=O) groups is 2. The Morgan fingerprint density at radius 1 is 1.19 bits per heavy atom. The molecule has 0 saturated heterocycles. The van der Waals surface area contributed by atoms with Gasteiger partial charge in [-0.25, -0.2) is 4.79 Å². The molecule has 0 aromatic heterocycles. The van der Waals surface area contributed by atoms with Gasteiger partial charge in [0.1, 0.15) is 6.04 Å². The lowest BCUT2D eigenvalue weighted by molar-refractivity contribution is -0.176. The van der Waals surface area contributed by atoms with Gasteiger partial charge in [0.2, 0.25) is 0 Å². The van der Waals surface area contributed by atoms with E-state index in [4.69, 9.17) is 5.11 Å². The summed E-state index contributed by atoms with van der Waals surface area (Å²) in [5.74, 6) is -3.75. The zero-order valence-electron chi connectivity index (χ0n) is 8.88. The minimum atomic E-state index is -5.07. The van der Waals surface area contributed by atoms with Crippen LogP contribution in [0.4, 0.5) is 13.2 Å². The number of carbonyl (C=O) groups excluding carboxylic acids is 1. The van der Waals surface area contributed by atoms with Crippen LogP contribution in [0.5, 0.6) is 0 Å². The van der Waals surface area contributed by atoms with Crippen LogP contribution in [0.1, 0.15) is 20.8 Å². The predicted molar refractivity (Wildman–Crippen MR) is 52.3 cm³/mol. The van der Waals surface area contributed by atoms with Crippen molar-refractivity contribution < 1.29 is 27.9 Å². The summed E-state index contributed by atoms with van der Waals surface area (Å²) in [4.78, 5) is 21.2. The normalized spacial score (nSPS) is 13.6. The number of halogens is 4. The van der Waals surface area contributed by atoms with Gasteiger partial charge in [-0.2, -0.15) is 13.2 Å². The number of hydrogen-bond acceptors (Lipinski definition) is 2. The van der Waals surface area contributed by atoms with Gasteiger partial charge in [0.15, 0.2) is 0 Å². The third kappa shape index (κ3) is 5.20. The van der Waals surface area contributed by atoms with E-state index in [-0.39, 0.29) is 12.4 Å². The summed E-state index contributed by atoms with van der Waals surface area (Å²) < 4.78 is 35.6. The summed E-state index contributed by atoms with van der Waals surface area (Å²) >= 11 is 0. The molecule has 1 unspecified atom stereocenters. The highest BCUT2D eigenvalue weighted by molar-refractivity contribution is 5.87. The molecule has 0 radical (unpaired) electrons. The molecule has 0 aromatic rings. The van der Waals surface area contributed by atoms with Crippen LogP contribution < -0.4 is 5.32 Å². The van der Waals surface area contributed by atoms with Crippen LogP contribution in [0.2, 0.25) is 0 Å². The molecule has 0 aromatic carbocycles. The third-order valence-corrected chi connectivity index (χ3v) is 1.65. The fraction of sp³-hybridized carbons (Fsp3) is 0.750. The van der Waals surface area contributed by atoms with Crippen LogP contribution in [0, 0.1) is 5.41 Å². The molecule has 8 heteroatoms. The molecule has 0 saturated carbocycles. The van der Waals surface area contributed by atoms with Gasteiger partial charge in [-0.1, -0.05) is 20.8 Å². The van der Waals surface area contributed by atoms with E-state index in [0.717, 1.165) is 0 Å². The summed E-state index contributed by atoms with van der Waals surface area (Å²) in [5, 5.41) is 10.1.